The zero-order valence-corrected chi connectivity index (χ0v) is 15.7. The molecule has 0 aromatic heterocycles. The van der Waals surface area contributed by atoms with Gasteiger partial charge in [0.15, 0.2) is 5.17 Å². The summed E-state index contributed by atoms with van der Waals surface area (Å²) in [4.78, 5) is 16.7. The van der Waals surface area contributed by atoms with Gasteiger partial charge in [-0.3, -0.25) is 4.79 Å². The maximum atomic E-state index is 12.7. The van der Waals surface area contributed by atoms with Gasteiger partial charge in [0.1, 0.15) is 11.5 Å². The molecule has 0 saturated carbocycles. The van der Waals surface area contributed by atoms with Crippen LogP contribution in [0.3, 0.4) is 0 Å². The van der Waals surface area contributed by atoms with Crippen LogP contribution in [-0.2, 0) is 4.79 Å². The number of ether oxygens (including phenoxy) is 2. The molecule has 29 heavy (non-hydrogen) atoms. The standard InChI is InChI=1S/C19H14F4N2O3S/c1-10-3-2-4-12(7-10)24-19-25-16(26)15(29-19)8-11-5-6-13(27-17(20)21)9-14(11)28-18(22)23/h2-9,17-18H,1H3,(H,24,25,26)/b15-8+. The fraction of sp³-hybridized carbons (Fsp3) is 0.158. The van der Waals surface area contributed by atoms with Gasteiger partial charge < -0.3 is 14.8 Å². The fourth-order valence-electron chi connectivity index (χ4n) is 2.44. The van der Waals surface area contributed by atoms with Gasteiger partial charge in [-0.2, -0.15) is 17.6 Å². The number of benzene rings is 2. The molecule has 0 atom stereocenters. The summed E-state index contributed by atoms with van der Waals surface area (Å²) in [6.45, 7) is -4.39. The highest BCUT2D eigenvalue weighted by Gasteiger charge is 2.25. The van der Waals surface area contributed by atoms with Crippen LogP contribution in [0.15, 0.2) is 52.4 Å². The van der Waals surface area contributed by atoms with E-state index >= 15 is 0 Å². The Balaban J connectivity index is 1.87. The number of alkyl halides is 4. The summed E-state index contributed by atoms with van der Waals surface area (Å²) in [7, 11) is 0. The van der Waals surface area contributed by atoms with E-state index in [2.05, 4.69) is 19.8 Å². The van der Waals surface area contributed by atoms with Gasteiger partial charge in [0.05, 0.1) is 10.6 Å². The van der Waals surface area contributed by atoms with Gasteiger partial charge in [-0.05, 0) is 54.6 Å². The van der Waals surface area contributed by atoms with Crippen LogP contribution in [0.1, 0.15) is 11.1 Å². The maximum absolute atomic E-state index is 12.7. The number of nitrogens with one attached hydrogen (secondary N) is 1. The molecule has 1 heterocycles. The number of amidine groups is 1. The molecule has 0 spiro atoms. The van der Waals surface area contributed by atoms with E-state index in [1.807, 2.05) is 25.1 Å². The monoisotopic (exact) mass is 426 g/mol. The molecular formula is C19H14F4N2O3S. The van der Waals surface area contributed by atoms with Crippen molar-refractivity contribution >= 4 is 34.6 Å². The number of amides is 1. The van der Waals surface area contributed by atoms with Crippen molar-refractivity contribution in [3.05, 3.63) is 58.5 Å². The zero-order chi connectivity index (χ0) is 21.0. The molecule has 10 heteroatoms. The van der Waals surface area contributed by atoms with Crippen LogP contribution >= 0.6 is 11.8 Å². The molecule has 0 aliphatic carbocycles. The molecule has 1 aliphatic rings. The smallest absolute Gasteiger partial charge is 0.387 e. The lowest BCUT2D eigenvalue weighted by atomic mass is 10.1. The summed E-state index contributed by atoms with van der Waals surface area (Å²) in [5.41, 5.74) is 1.74. The summed E-state index contributed by atoms with van der Waals surface area (Å²) in [5, 5.41) is 2.90. The van der Waals surface area contributed by atoms with Gasteiger partial charge in [-0.1, -0.05) is 12.1 Å². The average molecular weight is 426 g/mol. The number of nitrogens with zero attached hydrogens (tertiary/aromatic N) is 1. The molecule has 1 amide bonds. The van der Waals surface area contributed by atoms with E-state index in [-0.39, 0.29) is 16.2 Å². The Morgan fingerprint density at radius 2 is 1.83 bits per heavy atom. The van der Waals surface area contributed by atoms with Crippen molar-refractivity contribution in [2.24, 2.45) is 4.99 Å². The number of carbonyl (C=O) groups excluding carboxylic acids is 1. The second kappa shape index (κ2) is 8.99. The number of hydrogen-bond acceptors (Lipinski definition) is 5. The molecule has 152 valence electrons. The van der Waals surface area contributed by atoms with Crippen molar-refractivity contribution in [2.75, 3.05) is 0 Å². The Hall–Kier alpha value is -3.01. The molecule has 1 fully saturated rings. The maximum Gasteiger partial charge on any atom is 0.387 e. The van der Waals surface area contributed by atoms with E-state index in [0.717, 1.165) is 29.5 Å². The van der Waals surface area contributed by atoms with Crippen LogP contribution in [0.4, 0.5) is 23.2 Å². The zero-order valence-electron chi connectivity index (χ0n) is 14.9. The topological polar surface area (TPSA) is 59.9 Å². The quantitative estimate of drug-likeness (QED) is 0.516. The highest BCUT2D eigenvalue weighted by atomic mass is 32.2. The van der Waals surface area contributed by atoms with Crippen molar-refractivity contribution in [3.63, 3.8) is 0 Å². The molecule has 1 aliphatic heterocycles. The van der Waals surface area contributed by atoms with Crippen LogP contribution < -0.4 is 14.8 Å². The van der Waals surface area contributed by atoms with Gasteiger partial charge in [0.2, 0.25) is 0 Å². The Kier molecular flexibility index (Phi) is 6.42. The minimum atomic E-state index is -3.18. The van der Waals surface area contributed by atoms with E-state index in [4.69, 9.17) is 0 Å². The largest absolute Gasteiger partial charge is 0.435 e. The molecule has 5 nitrogen and oxygen atoms in total. The fourth-order valence-corrected chi connectivity index (χ4v) is 3.28. The van der Waals surface area contributed by atoms with E-state index in [0.29, 0.717) is 10.9 Å². The van der Waals surface area contributed by atoms with E-state index in [9.17, 15) is 22.4 Å². The third kappa shape index (κ3) is 5.74. The first kappa shape index (κ1) is 20.7. The number of aryl methyl sites for hydroxylation is 1. The Morgan fingerprint density at radius 3 is 2.52 bits per heavy atom. The van der Waals surface area contributed by atoms with Crippen molar-refractivity contribution < 1.29 is 31.8 Å². The van der Waals surface area contributed by atoms with Gasteiger partial charge in [0.25, 0.3) is 5.91 Å². The predicted octanol–water partition coefficient (Wildman–Crippen LogP) is 5.09. The second-order valence-corrected chi connectivity index (χ2v) is 6.81. The molecule has 0 unspecified atom stereocenters. The number of thioether (sulfide) groups is 1. The lowest BCUT2D eigenvalue weighted by Crippen LogP contribution is -2.19. The van der Waals surface area contributed by atoms with Crippen LogP contribution in [0.5, 0.6) is 11.5 Å². The molecule has 2 aromatic rings. The summed E-state index contributed by atoms with van der Waals surface area (Å²) in [5.74, 6) is -1.22. The van der Waals surface area contributed by atoms with Gasteiger partial charge in [-0.25, -0.2) is 4.99 Å². The van der Waals surface area contributed by atoms with Crippen LogP contribution in [0.2, 0.25) is 0 Å². The first-order chi connectivity index (χ1) is 13.8. The Bertz CT molecular complexity index is 980. The predicted molar refractivity (Wildman–Crippen MR) is 102 cm³/mol. The lowest BCUT2D eigenvalue weighted by molar-refractivity contribution is -0.115. The van der Waals surface area contributed by atoms with E-state index in [1.54, 1.807) is 6.07 Å². The number of hydrogen-bond donors (Lipinski definition) is 1. The van der Waals surface area contributed by atoms with Crippen LogP contribution in [0, 0.1) is 6.92 Å². The number of halogens is 4. The molecule has 1 N–H and O–H groups in total. The summed E-state index contributed by atoms with van der Waals surface area (Å²) < 4.78 is 58.6. The Morgan fingerprint density at radius 1 is 1.07 bits per heavy atom. The van der Waals surface area contributed by atoms with Gasteiger partial charge in [-0.15, -0.1) is 0 Å². The minimum absolute atomic E-state index is 0.0985. The van der Waals surface area contributed by atoms with Gasteiger partial charge in [0, 0.05) is 11.6 Å². The second-order valence-electron chi connectivity index (χ2n) is 5.78. The normalized spacial score (nSPS) is 16.7. The van der Waals surface area contributed by atoms with Crippen molar-refractivity contribution in [3.8, 4) is 11.5 Å². The Labute approximate surface area is 167 Å². The number of rotatable bonds is 6. The summed E-state index contributed by atoms with van der Waals surface area (Å²) in [6.07, 6.45) is 1.31. The molecule has 0 bridgehead atoms. The first-order valence-corrected chi connectivity index (χ1v) is 9.02. The van der Waals surface area contributed by atoms with Crippen molar-refractivity contribution in [1.29, 1.82) is 0 Å². The molecule has 0 radical (unpaired) electrons. The third-order valence-electron chi connectivity index (χ3n) is 3.60. The first-order valence-electron chi connectivity index (χ1n) is 8.20. The SMILES string of the molecule is Cc1cccc(N=C2NC(=O)/C(=C\c3ccc(OC(F)F)cc3OC(F)F)S2)c1. The highest BCUT2D eigenvalue weighted by molar-refractivity contribution is 8.18. The lowest BCUT2D eigenvalue weighted by Gasteiger charge is -2.11. The molecular weight excluding hydrogens is 412 g/mol. The van der Waals surface area contributed by atoms with Crippen LogP contribution in [0.25, 0.3) is 6.08 Å². The molecule has 1 saturated heterocycles. The van der Waals surface area contributed by atoms with Crippen LogP contribution in [-0.4, -0.2) is 24.3 Å². The summed E-state index contributed by atoms with van der Waals surface area (Å²) in [6, 6.07) is 10.6. The van der Waals surface area contributed by atoms with Crippen molar-refractivity contribution in [1.82, 2.24) is 5.32 Å². The molecule has 3 rings (SSSR count). The summed E-state index contributed by atoms with van der Waals surface area (Å²) >= 11 is 1.01. The highest BCUT2D eigenvalue weighted by Crippen LogP contribution is 2.33. The number of aliphatic imine (C=N–C) groups is 1. The number of carbonyl (C=O) groups is 1. The van der Waals surface area contributed by atoms with Crippen molar-refractivity contribution in [2.45, 2.75) is 20.1 Å². The average Bonchev–Trinajstić information content (AvgIpc) is 2.95. The minimum Gasteiger partial charge on any atom is -0.435 e. The van der Waals surface area contributed by atoms with E-state index in [1.165, 1.54) is 12.1 Å². The third-order valence-corrected chi connectivity index (χ3v) is 4.51. The van der Waals surface area contributed by atoms with E-state index < -0.39 is 24.9 Å². The molecule has 2 aromatic carbocycles. The van der Waals surface area contributed by atoms with Gasteiger partial charge >= 0.3 is 13.2 Å².